The van der Waals surface area contributed by atoms with E-state index in [4.69, 9.17) is 0 Å². The van der Waals surface area contributed by atoms with Crippen molar-refractivity contribution in [3.05, 3.63) is 30.3 Å². The summed E-state index contributed by atoms with van der Waals surface area (Å²) in [6.07, 6.45) is 0. The first-order valence-corrected chi connectivity index (χ1v) is 8.68. The molecule has 0 unspecified atom stereocenters. The van der Waals surface area contributed by atoms with Gasteiger partial charge in [0.15, 0.2) is 0 Å². The van der Waals surface area contributed by atoms with E-state index < -0.39 is 24.9 Å². The monoisotopic (exact) mass is 323 g/mol. The third-order valence-corrected chi connectivity index (χ3v) is 7.05. The van der Waals surface area contributed by atoms with Gasteiger partial charge < -0.3 is 0 Å². The van der Waals surface area contributed by atoms with Crippen molar-refractivity contribution in [1.29, 1.82) is 0 Å². The Kier molecular flexibility index (Phi) is 3.36. The Hall–Kier alpha value is 0.115. The molecule has 0 saturated heterocycles. The average Bonchev–Trinajstić information content (AvgIpc) is 1.88. The third-order valence-electron chi connectivity index (χ3n) is 1.34. The standard InChI is InChI=1S/C6H5.C2H6N.Hg/c1-2-4-6-5-3-1;1-3-2;/h1-5H;1-2H3;/q;-1;+1. The van der Waals surface area contributed by atoms with E-state index >= 15 is 0 Å². The zero-order chi connectivity index (χ0) is 7.40. The molecule has 2 heteroatoms. The van der Waals surface area contributed by atoms with Gasteiger partial charge >= 0.3 is 75.0 Å². The minimum atomic E-state index is -0.846. The van der Waals surface area contributed by atoms with Crippen molar-refractivity contribution in [3.63, 3.8) is 0 Å². The Morgan fingerprint density at radius 2 is 1.70 bits per heavy atom. The van der Waals surface area contributed by atoms with Gasteiger partial charge in [0.25, 0.3) is 0 Å². The van der Waals surface area contributed by atoms with Gasteiger partial charge in [-0.2, -0.15) is 0 Å². The van der Waals surface area contributed by atoms with Gasteiger partial charge in [0.2, 0.25) is 0 Å². The molecule has 1 rings (SSSR count). The van der Waals surface area contributed by atoms with Crippen LogP contribution < -0.4 is 3.07 Å². The molecule has 1 nitrogen and oxygen atoms in total. The zero-order valence-electron chi connectivity index (χ0n) is 6.54. The van der Waals surface area contributed by atoms with Gasteiger partial charge in [-0.05, 0) is 0 Å². The van der Waals surface area contributed by atoms with E-state index in [1.54, 1.807) is 3.07 Å². The first-order chi connectivity index (χ1) is 4.79. The van der Waals surface area contributed by atoms with Crippen LogP contribution in [-0.2, 0) is 24.9 Å². The quantitative estimate of drug-likeness (QED) is 0.731. The molecule has 0 aromatic heterocycles. The van der Waals surface area contributed by atoms with Crippen molar-refractivity contribution in [2.45, 2.75) is 0 Å². The Balaban J connectivity index is 2.59. The van der Waals surface area contributed by atoms with Gasteiger partial charge in [-0.25, -0.2) is 0 Å². The van der Waals surface area contributed by atoms with Gasteiger partial charge in [0.05, 0.1) is 0 Å². The number of hydrogen-bond acceptors (Lipinski definition) is 1. The molecule has 0 aliphatic carbocycles. The van der Waals surface area contributed by atoms with E-state index in [-0.39, 0.29) is 0 Å². The molecule has 0 atom stereocenters. The van der Waals surface area contributed by atoms with Crippen LogP contribution >= 0.6 is 0 Å². The molecule has 0 heterocycles. The minimum absolute atomic E-state index is 0.846. The Morgan fingerprint density at radius 1 is 1.10 bits per heavy atom. The fourth-order valence-electron chi connectivity index (χ4n) is 0.949. The number of hydrogen-bond donors (Lipinski definition) is 0. The van der Waals surface area contributed by atoms with Crippen molar-refractivity contribution < 1.29 is 24.9 Å². The summed E-state index contributed by atoms with van der Waals surface area (Å²) in [5.74, 6) is 0. The topological polar surface area (TPSA) is 3.24 Å². The van der Waals surface area contributed by atoms with E-state index in [0.717, 1.165) is 0 Å². The van der Waals surface area contributed by atoms with Crippen LogP contribution in [0, 0.1) is 0 Å². The van der Waals surface area contributed by atoms with Crippen LogP contribution in [-0.4, -0.2) is 16.8 Å². The van der Waals surface area contributed by atoms with Crippen molar-refractivity contribution in [3.8, 4) is 0 Å². The molecule has 0 aliphatic heterocycles. The Labute approximate surface area is 74.9 Å². The van der Waals surface area contributed by atoms with E-state index in [1.165, 1.54) is 0 Å². The van der Waals surface area contributed by atoms with Crippen molar-refractivity contribution >= 4 is 3.07 Å². The molecule has 0 spiro atoms. The molecule has 0 fully saturated rings. The second-order valence-corrected chi connectivity index (χ2v) is 12.0. The molecule has 0 N–H and O–H groups in total. The van der Waals surface area contributed by atoms with E-state index in [9.17, 15) is 0 Å². The number of rotatable bonds is 2. The van der Waals surface area contributed by atoms with Crippen LogP contribution in [0.25, 0.3) is 0 Å². The summed E-state index contributed by atoms with van der Waals surface area (Å²) in [5, 5.41) is 0. The van der Waals surface area contributed by atoms with Gasteiger partial charge in [0, 0.05) is 0 Å². The predicted octanol–water partition coefficient (Wildman–Crippen LogP) is 0.871. The van der Waals surface area contributed by atoms with Gasteiger partial charge in [0.1, 0.15) is 0 Å². The predicted molar refractivity (Wildman–Crippen MR) is 39.8 cm³/mol. The van der Waals surface area contributed by atoms with Gasteiger partial charge in [-0.1, -0.05) is 0 Å². The van der Waals surface area contributed by atoms with E-state index in [0.29, 0.717) is 0 Å². The Bertz CT molecular complexity index is 184. The molecular weight excluding hydrogens is 311 g/mol. The average molecular weight is 322 g/mol. The summed E-state index contributed by atoms with van der Waals surface area (Å²) >= 11 is -0.846. The fourth-order valence-corrected chi connectivity index (χ4v) is 5.67. The summed E-state index contributed by atoms with van der Waals surface area (Å²) in [4.78, 5) is 0. The Morgan fingerprint density at radius 3 is 2.20 bits per heavy atom. The van der Waals surface area contributed by atoms with Crippen LogP contribution in [0.5, 0.6) is 0 Å². The zero-order valence-corrected chi connectivity index (χ0v) is 12.0. The third kappa shape index (κ3) is 2.80. The maximum atomic E-state index is 2.38. The van der Waals surface area contributed by atoms with Crippen molar-refractivity contribution in [2.24, 2.45) is 0 Å². The van der Waals surface area contributed by atoms with Gasteiger partial charge in [-0.3, -0.25) is 0 Å². The van der Waals surface area contributed by atoms with Gasteiger partial charge in [-0.15, -0.1) is 0 Å². The molecule has 0 radical (unpaired) electrons. The molecule has 1 aromatic rings. The van der Waals surface area contributed by atoms with E-state index in [1.807, 2.05) is 0 Å². The summed E-state index contributed by atoms with van der Waals surface area (Å²) in [7, 11) is 4.35. The fraction of sp³-hybridized carbons (Fsp3) is 0.250. The normalized spacial score (nSPS) is 9.50. The molecule has 0 aliphatic rings. The van der Waals surface area contributed by atoms with Crippen molar-refractivity contribution in [1.82, 2.24) is 2.66 Å². The van der Waals surface area contributed by atoms with E-state index in [2.05, 4.69) is 47.1 Å². The SMILES string of the molecule is C[N](C)[Hg][c]1ccccc1. The second-order valence-electron chi connectivity index (χ2n) is 2.72. The number of benzene rings is 1. The molecule has 0 amide bonds. The number of nitrogens with zero attached hydrogens (tertiary/aromatic N) is 1. The van der Waals surface area contributed by atoms with Crippen LogP contribution in [0.2, 0.25) is 0 Å². The molecular formula is C8H11HgN. The molecule has 0 bridgehead atoms. The molecule has 10 heavy (non-hydrogen) atoms. The summed E-state index contributed by atoms with van der Waals surface area (Å²) < 4.78 is 3.97. The summed E-state index contributed by atoms with van der Waals surface area (Å²) in [6.45, 7) is 0. The first kappa shape index (κ1) is 8.21. The maximum absolute atomic E-state index is 2.38. The second kappa shape index (κ2) is 4.09. The van der Waals surface area contributed by atoms with Crippen LogP contribution in [0.4, 0.5) is 0 Å². The van der Waals surface area contributed by atoms with Crippen LogP contribution in [0.15, 0.2) is 30.3 Å². The molecule has 50 valence electrons. The molecule has 0 saturated carbocycles. The summed E-state index contributed by atoms with van der Waals surface area (Å²) in [6, 6.07) is 10.8. The van der Waals surface area contributed by atoms with Crippen molar-refractivity contribution in [2.75, 3.05) is 14.1 Å². The summed E-state index contributed by atoms with van der Waals surface area (Å²) in [5.41, 5.74) is 0. The first-order valence-electron chi connectivity index (χ1n) is 3.47. The van der Waals surface area contributed by atoms with Crippen LogP contribution in [0.1, 0.15) is 0 Å². The van der Waals surface area contributed by atoms with Crippen LogP contribution in [0.3, 0.4) is 0 Å². The molecule has 1 aromatic carbocycles.